The number of hydrogen-bond donors (Lipinski definition) is 1. The molecule has 0 aromatic rings. The van der Waals surface area contributed by atoms with Crippen molar-refractivity contribution in [2.45, 2.75) is 56.2 Å². The predicted molar refractivity (Wildman–Crippen MR) is 76.8 cm³/mol. The molecule has 2 aliphatic carbocycles. The molecule has 1 N–H and O–H groups in total. The molecule has 20 heavy (non-hydrogen) atoms. The third-order valence-corrected chi connectivity index (χ3v) is 6.95. The molecule has 0 aromatic heterocycles. The van der Waals surface area contributed by atoms with E-state index in [1.807, 2.05) is 0 Å². The molecule has 0 spiro atoms. The Bertz CT molecular complexity index is 468. The molecular formula is C14H23NO4S. The number of nitrogens with zero attached hydrogens (tertiary/aromatic N) is 1. The van der Waals surface area contributed by atoms with Crippen LogP contribution in [0.3, 0.4) is 0 Å². The van der Waals surface area contributed by atoms with Gasteiger partial charge in [-0.05, 0) is 25.7 Å². The lowest BCUT2D eigenvalue weighted by atomic mass is 10.1. The van der Waals surface area contributed by atoms with Gasteiger partial charge in [0.25, 0.3) is 0 Å². The van der Waals surface area contributed by atoms with Gasteiger partial charge in [0.15, 0.2) is 0 Å². The summed E-state index contributed by atoms with van der Waals surface area (Å²) in [4.78, 5) is 11.3. The van der Waals surface area contributed by atoms with Crippen molar-refractivity contribution in [3.8, 4) is 0 Å². The quantitative estimate of drug-likeness (QED) is 0.761. The number of sulfonamides is 1. The molecular weight excluding hydrogens is 278 g/mol. The van der Waals surface area contributed by atoms with Crippen molar-refractivity contribution >= 4 is 16.0 Å². The summed E-state index contributed by atoms with van der Waals surface area (Å²) in [6.07, 6.45) is 7.02. The molecule has 2 unspecified atom stereocenters. The number of carbonyl (C=O) groups is 1. The third kappa shape index (κ3) is 2.91. The molecule has 2 fully saturated rings. The second kappa shape index (κ2) is 6.26. The molecule has 2 saturated carbocycles. The van der Waals surface area contributed by atoms with Gasteiger partial charge < -0.3 is 5.11 Å². The van der Waals surface area contributed by atoms with Crippen molar-refractivity contribution in [1.29, 1.82) is 0 Å². The van der Waals surface area contributed by atoms with E-state index in [-0.39, 0.29) is 12.6 Å². The van der Waals surface area contributed by atoms with Gasteiger partial charge in [0.1, 0.15) is 0 Å². The SMILES string of the molecule is C=CCN(C1CCCC1)S(=O)(=O)C1CCCC1C(=O)O. The maximum atomic E-state index is 12.8. The lowest BCUT2D eigenvalue weighted by Gasteiger charge is -2.31. The molecule has 5 nitrogen and oxygen atoms in total. The minimum absolute atomic E-state index is 0.0213. The Hall–Kier alpha value is -0.880. The summed E-state index contributed by atoms with van der Waals surface area (Å²) in [6.45, 7) is 3.93. The fourth-order valence-electron chi connectivity index (χ4n) is 3.52. The molecule has 0 heterocycles. The van der Waals surface area contributed by atoms with Crippen LogP contribution in [0.2, 0.25) is 0 Å². The Labute approximate surface area is 120 Å². The maximum absolute atomic E-state index is 12.8. The third-order valence-electron chi connectivity index (χ3n) is 4.52. The average molecular weight is 301 g/mol. The zero-order valence-electron chi connectivity index (χ0n) is 11.7. The Morgan fingerprint density at radius 2 is 1.85 bits per heavy atom. The predicted octanol–water partition coefficient (Wildman–Crippen LogP) is 2.00. The first-order chi connectivity index (χ1) is 9.48. The lowest BCUT2D eigenvalue weighted by molar-refractivity contribution is -0.141. The number of aliphatic carboxylic acids is 1. The molecule has 0 aromatic carbocycles. The summed E-state index contributed by atoms with van der Waals surface area (Å²) in [5, 5.41) is 8.46. The first-order valence-electron chi connectivity index (χ1n) is 7.33. The minimum Gasteiger partial charge on any atom is -0.481 e. The highest BCUT2D eigenvalue weighted by molar-refractivity contribution is 7.89. The zero-order valence-corrected chi connectivity index (χ0v) is 12.5. The minimum atomic E-state index is -3.56. The van der Waals surface area contributed by atoms with E-state index in [9.17, 15) is 18.3 Å². The smallest absolute Gasteiger partial charge is 0.307 e. The second-order valence-corrected chi connectivity index (χ2v) is 7.86. The van der Waals surface area contributed by atoms with Gasteiger partial charge in [0.2, 0.25) is 10.0 Å². The topological polar surface area (TPSA) is 74.7 Å². The van der Waals surface area contributed by atoms with Crippen LogP contribution < -0.4 is 0 Å². The number of carboxylic acids is 1. The standard InChI is InChI=1S/C14H23NO4S/c1-2-10-15(11-6-3-4-7-11)20(18,19)13-9-5-8-12(13)14(16)17/h2,11-13H,1,3-10H2,(H,16,17). The van der Waals surface area contributed by atoms with Crippen LogP contribution in [0.5, 0.6) is 0 Å². The highest BCUT2D eigenvalue weighted by Crippen LogP contribution is 2.36. The van der Waals surface area contributed by atoms with Crippen molar-refractivity contribution in [3.05, 3.63) is 12.7 Å². The Morgan fingerprint density at radius 3 is 2.40 bits per heavy atom. The van der Waals surface area contributed by atoms with E-state index in [1.54, 1.807) is 6.08 Å². The second-order valence-electron chi connectivity index (χ2n) is 5.76. The molecule has 2 rings (SSSR count). The van der Waals surface area contributed by atoms with Gasteiger partial charge in [0, 0.05) is 12.6 Å². The van der Waals surface area contributed by atoms with Crippen molar-refractivity contribution < 1.29 is 18.3 Å². The van der Waals surface area contributed by atoms with Crippen LogP contribution in [-0.2, 0) is 14.8 Å². The van der Waals surface area contributed by atoms with Gasteiger partial charge in [-0.2, -0.15) is 4.31 Å². The van der Waals surface area contributed by atoms with E-state index in [2.05, 4.69) is 6.58 Å². The van der Waals surface area contributed by atoms with Crippen LogP contribution in [-0.4, -0.2) is 41.6 Å². The summed E-state index contributed by atoms with van der Waals surface area (Å²) in [5.41, 5.74) is 0. The van der Waals surface area contributed by atoms with E-state index in [0.717, 1.165) is 25.7 Å². The van der Waals surface area contributed by atoms with Gasteiger partial charge in [-0.3, -0.25) is 4.79 Å². The zero-order chi connectivity index (χ0) is 14.8. The molecule has 0 radical (unpaired) electrons. The van der Waals surface area contributed by atoms with Crippen molar-refractivity contribution in [2.24, 2.45) is 5.92 Å². The first kappa shape index (κ1) is 15.5. The van der Waals surface area contributed by atoms with Crippen LogP contribution in [0.1, 0.15) is 44.9 Å². The molecule has 6 heteroatoms. The van der Waals surface area contributed by atoms with Gasteiger partial charge in [-0.25, -0.2) is 8.42 Å². The molecule has 114 valence electrons. The van der Waals surface area contributed by atoms with Crippen molar-refractivity contribution in [2.75, 3.05) is 6.54 Å². The summed E-state index contributed by atoms with van der Waals surface area (Å²) in [7, 11) is -3.56. The van der Waals surface area contributed by atoms with Crippen LogP contribution in [0.4, 0.5) is 0 Å². The monoisotopic (exact) mass is 301 g/mol. The molecule has 0 bridgehead atoms. The lowest BCUT2D eigenvalue weighted by Crippen LogP contribution is -2.46. The van der Waals surface area contributed by atoms with Crippen LogP contribution in [0, 0.1) is 5.92 Å². The summed E-state index contributed by atoms with van der Waals surface area (Å²) >= 11 is 0. The van der Waals surface area contributed by atoms with Gasteiger partial charge in [-0.1, -0.05) is 25.3 Å². The summed E-state index contributed by atoms with van der Waals surface area (Å²) in [5.74, 6) is -1.74. The fraction of sp³-hybridized carbons (Fsp3) is 0.786. The average Bonchev–Trinajstić information content (AvgIpc) is 3.06. The summed E-state index contributed by atoms with van der Waals surface area (Å²) < 4.78 is 27.2. The van der Waals surface area contributed by atoms with E-state index in [0.29, 0.717) is 19.3 Å². The van der Waals surface area contributed by atoms with Gasteiger partial charge in [-0.15, -0.1) is 6.58 Å². The largest absolute Gasteiger partial charge is 0.481 e. The maximum Gasteiger partial charge on any atom is 0.307 e. The van der Waals surface area contributed by atoms with Gasteiger partial charge in [0.05, 0.1) is 11.2 Å². The summed E-state index contributed by atoms with van der Waals surface area (Å²) in [6, 6.07) is 0.0213. The fourth-order valence-corrected chi connectivity index (χ4v) is 5.94. The van der Waals surface area contributed by atoms with Crippen LogP contribution >= 0.6 is 0 Å². The van der Waals surface area contributed by atoms with Crippen molar-refractivity contribution in [1.82, 2.24) is 4.31 Å². The number of rotatable bonds is 6. The Balaban J connectivity index is 2.25. The van der Waals surface area contributed by atoms with Gasteiger partial charge >= 0.3 is 5.97 Å². The van der Waals surface area contributed by atoms with E-state index >= 15 is 0 Å². The van der Waals surface area contributed by atoms with E-state index < -0.39 is 27.2 Å². The molecule has 2 aliphatic rings. The highest BCUT2D eigenvalue weighted by atomic mass is 32.2. The van der Waals surface area contributed by atoms with E-state index in [4.69, 9.17) is 0 Å². The first-order valence-corrected chi connectivity index (χ1v) is 8.83. The normalized spacial score (nSPS) is 28.1. The highest BCUT2D eigenvalue weighted by Gasteiger charge is 2.45. The van der Waals surface area contributed by atoms with Crippen LogP contribution in [0.15, 0.2) is 12.7 Å². The molecule has 0 aliphatic heterocycles. The van der Waals surface area contributed by atoms with E-state index in [1.165, 1.54) is 4.31 Å². The van der Waals surface area contributed by atoms with Crippen molar-refractivity contribution in [3.63, 3.8) is 0 Å². The van der Waals surface area contributed by atoms with Crippen LogP contribution in [0.25, 0.3) is 0 Å². The Kier molecular flexibility index (Phi) is 4.86. The molecule has 0 saturated heterocycles. The molecule has 2 atom stereocenters. The molecule has 0 amide bonds. The number of carboxylic acid groups (broad SMARTS) is 1. The Morgan fingerprint density at radius 1 is 1.20 bits per heavy atom. The number of hydrogen-bond acceptors (Lipinski definition) is 3.